The molecule has 2 N–H and O–H groups in total. The van der Waals surface area contributed by atoms with Gasteiger partial charge in [0.2, 0.25) is 0 Å². The van der Waals surface area contributed by atoms with Gasteiger partial charge in [-0.15, -0.1) is 11.3 Å². The summed E-state index contributed by atoms with van der Waals surface area (Å²) in [7, 11) is 1.76. The lowest BCUT2D eigenvalue weighted by Gasteiger charge is -2.11. The lowest BCUT2D eigenvalue weighted by Crippen LogP contribution is -2.38. The molecule has 0 aliphatic carbocycles. The minimum atomic E-state index is -0.195. The van der Waals surface area contributed by atoms with E-state index >= 15 is 0 Å². The molecule has 26 heavy (non-hydrogen) atoms. The van der Waals surface area contributed by atoms with Crippen LogP contribution in [0.2, 0.25) is 0 Å². The van der Waals surface area contributed by atoms with Crippen LogP contribution in [-0.2, 0) is 12.8 Å². The molecule has 1 aromatic heterocycles. The van der Waals surface area contributed by atoms with Crippen LogP contribution in [0.25, 0.3) is 10.2 Å². The Kier molecular flexibility index (Phi) is 6.55. The van der Waals surface area contributed by atoms with Gasteiger partial charge < -0.3 is 10.6 Å². The maximum Gasteiger partial charge on any atom is 0.190 e. The fraction of sp³-hybridized carbons (Fsp3) is 0.300. The Morgan fingerprint density at radius 2 is 1.92 bits per heavy atom. The summed E-state index contributed by atoms with van der Waals surface area (Å²) in [4.78, 5) is 8.88. The lowest BCUT2D eigenvalue weighted by atomic mass is 10.1. The number of hydrogen-bond donors (Lipinski definition) is 2. The van der Waals surface area contributed by atoms with E-state index < -0.39 is 0 Å². The predicted molar refractivity (Wildman–Crippen MR) is 107 cm³/mol. The van der Waals surface area contributed by atoms with Crippen molar-refractivity contribution in [2.24, 2.45) is 4.99 Å². The molecule has 0 fully saturated rings. The highest BCUT2D eigenvalue weighted by Crippen LogP contribution is 2.22. The number of halogens is 1. The third-order valence-electron chi connectivity index (χ3n) is 4.02. The molecular formula is C20H23FN4S. The smallest absolute Gasteiger partial charge is 0.190 e. The number of nitrogens with one attached hydrogen (secondary N) is 2. The summed E-state index contributed by atoms with van der Waals surface area (Å²) >= 11 is 1.76. The molecule has 2 aromatic carbocycles. The summed E-state index contributed by atoms with van der Waals surface area (Å²) in [6.07, 6.45) is 2.70. The Labute approximate surface area is 157 Å². The van der Waals surface area contributed by atoms with Gasteiger partial charge in [0.05, 0.1) is 15.2 Å². The van der Waals surface area contributed by atoms with Gasteiger partial charge in [0.1, 0.15) is 5.82 Å². The largest absolute Gasteiger partial charge is 0.356 e. The van der Waals surface area contributed by atoms with Crippen LogP contribution in [0.4, 0.5) is 4.39 Å². The molecule has 0 saturated heterocycles. The third kappa shape index (κ3) is 5.26. The molecule has 0 spiro atoms. The zero-order valence-corrected chi connectivity index (χ0v) is 15.7. The minimum Gasteiger partial charge on any atom is -0.356 e. The molecule has 0 amide bonds. The molecule has 0 aliphatic rings. The molecule has 3 rings (SSSR count). The van der Waals surface area contributed by atoms with E-state index in [1.807, 2.05) is 18.2 Å². The van der Waals surface area contributed by atoms with E-state index in [1.54, 1.807) is 30.5 Å². The third-order valence-corrected chi connectivity index (χ3v) is 5.11. The number of aromatic nitrogens is 1. The van der Waals surface area contributed by atoms with E-state index in [9.17, 15) is 4.39 Å². The van der Waals surface area contributed by atoms with Crippen LogP contribution in [-0.4, -0.2) is 31.1 Å². The molecule has 136 valence electrons. The van der Waals surface area contributed by atoms with Gasteiger partial charge in [0.15, 0.2) is 5.96 Å². The summed E-state index contributed by atoms with van der Waals surface area (Å²) in [6.45, 7) is 1.54. The van der Waals surface area contributed by atoms with Crippen LogP contribution >= 0.6 is 11.3 Å². The molecule has 3 aromatic rings. The number of guanidine groups is 1. The zero-order valence-electron chi connectivity index (χ0n) is 14.8. The highest BCUT2D eigenvalue weighted by atomic mass is 32.1. The Hall–Kier alpha value is -2.47. The van der Waals surface area contributed by atoms with E-state index in [0.717, 1.165) is 42.8 Å². The van der Waals surface area contributed by atoms with Crippen molar-refractivity contribution in [1.82, 2.24) is 15.6 Å². The van der Waals surface area contributed by atoms with Crippen molar-refractivity contribution >= 4 is 27.5 Å². The first-order chi connectivity index (χ1) is 12.7. The maximum absolute atomic E-state index is 13.2. The first-order valence-electron chi connectivity index (χ1n) is 8.78. The van der Waals surface area contributed by atoms with E-state index in [-0.39, 0.29) is 5.82 Å². The van der Waals surface area contributed by atoms with Gasteiger partial charge in [-0.1, -0.05) is 24.3 Å². The van der Waals surface area contributed by atoms with Crippen LogP contribution in [0.15, 0.2) is 53.5 Å². The van der Waals surface area contributed by atoms with Crippen LogP contribution in [0.5, 0.6) is 0 Å². The topological polar surface area (TPSA) is 49.3 Å². The van der Waals surface area contributed by atoms with Crippen LogP contribution in [0, 0.1) is 5.82 Å². The SMILES string of the molecule is CN=C(NCCCc1nc2ccccc2s1)NCCc1cccc(F)c1. The van der Waals surface area contributed by atoms with Gasteiger partial charge in [-0.2, -0.15) is 0 Å². The number of benzene rings is 2. The van der Waals surface area contributed by atoms with Crippen molar-refractivity contribution in [3.63, 3.8) is 0 Å². The minimum absolute atomic E-state index is 0.195. The molecule has 0 saturated carbocycles. The number of aryl methyl sites for hydroxylation is 1. The second kappa shape index (κ2) is 9.29. The number of hydrogen-bond acceptors (Lipinski definition) is 3. The fourth-order valence-electron chi connectivity index (χ4n) is 2.71. The monoisotopic (exact) mass is 370 g/mol. The quantitative estimate of drug-likeness (QED) is 0.378. The maximum atomic E-state index is 13.2. The molecule has 4 nitrogen and oxygen atoms in total. The van der Waals surface area contributed by atoms with Crippen molar-refractivity contribution in [3.8, 4) is 0 Å². The highest BCUT2D eigenvalue weighted by molar-refractivity contribution is 7.18. The van der Waals surface area contributed by atoms with Gasteiger partial charge >= 0.3 is 0 Å². The molecule has 0 bridgehead atoms. The zero-order chi connectivity index (χ0) is 18.2. The van der Waals surface area contributed by atoms with Gasteiger partial charge in [0.25, 0.3) is 0 Å². The van der Waals surface area contributed by atoms with Crippen LogP contribution in [0.1, 0.15) is 17.0 Å². The molecule has 0 atom stereocenters. The predicted octanol–water partition coefficient (Wildman–Crippen LogP) is 3.78. The number of rotatable bonds is 7. The van der Waals surface area contributed by atoms with E-state index in [1.165, 1.54) is 15.8 Å². The highest BCUT2D eigenvalue weighted by Gasteiger charge is 2.03. The van der Waals surface area contributed by atoms with E-state index in [2.05, 4.69) is 32.7 Å². The van der Waals surface area contributed by atoms with E-state index in [0.29, 0.717) is 6.54 Å². The van der Waals surface area contributed by atoms with Crippen molar-refractivity contribution in [2.75, 3.05) is 20.1 Å². The van der Waals surface area contributed by atoms with Crippen LogP contribution in [0.3, 0.4) is 0 Å². The van der Waals surface area contributed by atoms with Gasteiger partial charge in [-0.3, -0.25) is 4.99 Å². The Balaban J connectivity index is 1.37. The number of aliphatic imine (C=N–C) groups is 1. The van der Waals surface area contributed by atoms with Crippen molar-refractivity contribution in [3.05, 3.63) is 64.9 Å². The fourth-order valence-corrected chi connectivity index (χ4v) is 3.72. The molecular weight excluding hydrogens is 347 g/mol. The standard InChI is InChI=1S/C20H23FN4S/c1-22-20(24-13-11-15-6-4-7-16(21)14-15)23-12-5-10-19-25-17-8-2-3-9-18(17)26-19/h2-4,6-9,14H,5,10-13H2,1H3,(H2,22,23,24). The first-order valence-corrected chi connectivity index (χ1v) is 9.59. The van der Waals surface area contributed by atoms with Crippen molar-refractivity contribution in [2.45, 2.75) is 19.3 Å². The van der Waals surface area contributed by atoms with Gasteiger partial charge in [-0.05, 0) is 42.7 Å². The molecule has 1 heterocycles. The number of thiazole rings is 1. The number of para-hydroxylation sites is 1. The Morgan fingerprint density at radius 1 is 1.08 bits per heavy atom. The van der Waals surface area contributed by atoms with Crippen molar-refractivity contribution < 1.29 is 4.39 Å². The Morgan fingerprint density at radius 3 is 2.73 bits per heavy atom. The summed E-state index contributed by atoms with van der Waals surface area (Å²) in [6, 6.07) is 14.9. The molecule has 0 unspecified atom stereocenters. The number of nitrogens with zero attached hydrogens (tertiary/aromatic N) is 2. The summed E-state index contributed by atoms with van der Waals surface area (Å²) in [5, 5.41) is 7.74. The van der Waals surface area contributed by atoms with Crippen molar-refractivity contribution in [1.29, 1.82) is 0 Å². The summed E-state index contributed by atoms with van der Waals surface area (Å²) in [5.74, 6) is 0.575. The summed E-state index contributed by atoms with van der Waals surface area (Å²) in [5.41, 5.74) is 2.05. The lowest BCUT2D eigenvalue weighted by molar-refractivity contribution is 0.625. The van der Waals surface area contributed by atoms with Gasteiger partial charge in [-0.25, -0.2) is 9.37 Å². The molecule has 6 heteroatoms. The second-order valence-electron chi connectivity index (χ2n) is 5.98. The first kappa shape index (κ1) is 18.3. The average molecular weight is 370 g/mol. The number of fused-ring (bicyclic) bond motifs is 1. The molecule has 0 aliphatic heterocycles. The summed E-state index contributed by atoms with van der Waals surface area (Å²) < 4.78 is 14.4. The van der Waals surface area contributed by atoms with Gasteiger partial charge in [0, 0.05) is 26.6 Å². The average Bonchev–Trinajstić information content (AvgIpc) is 3.06. The second-order valence-corrected chi connectivity index (χ2v) is 7.10. The molecule has 0 radical (unpaired) electrons. The normalized spacial score (nSPS) is 11.7. The van der Waals surface area contributed by atoms with Crippen LogP contribution < -0.4 is 10.6 Å². The van der Waals surface area contributed by atoms with E-state index in [4.69, 9.17) is 0 Å². The Bertz CT molecular complexity index is 842.